The summed E-state index contributed by atoms with van der Waals surface area (Å²) >= 11 is 4.98. The summed E-state index contributed by atoms with van der Waals surface area (Å²) in [5, 5.41) is 4.92. The Bertz CT molecular complexity index is 322. The van der Waals surface area contributed by atoms with Gasteiger partial charge in [-0.3, -0.25) is 4.79 Å². The molecule has 1 heterocycles. The molecule has 1 amide bonds. The average Bonchev–Trinajstić information content (AvgIpc) is 2.50. The van der Waals surface area contributed by atoms with Crippen molar-refractivity contribution >= 4 is 33.2 Å². The second-order valence-electron chi connectivity index (χ2n) is 3.94. The predicted molar refractivity (Wildman–Crippen MR) is 68.2 cm³/mol. The third-order valence-corrected chi connectivity index (χ3v) is 3.70. The molecule has 0 aromatic carbocycles. The molecule has 84 valence electrons. The van der Waals surface area contributed by atoms with Crippen molar-refractivity contribution in [2.24, 2.45) is 5.92 Å². The first-order valence-electron chi connectivity index (χ1n) is 5.07. The molecule has 0 bridgehead atoms. The van der Waals surface area contributed by atoms with Crippen LogP contribution in [0.25, 0.3) is 0 Å². The molecule has 1 aromatic rings. The first-order chi connectivity index (χ1) is 7.08. The third-order valence-electron chi connectivity index (χ3n) is 2.00. The number of halogens is 1. The highest BCUT2D eigenvalue weighted by Crippen LogP contribution is 2.19. The van der Waals surface area contributed by atoms with Crippen molar-refractivity contribution in [3.63, 3.8) is 0 Å². The van der Waals surface area contributed by atoms with E-state index in [1.165, 1.54) is 0 Å². The number of carbonyl (C=O) groups excluding carboxylic acids is 1. The number of thiophene rings is 1. The molecule has 0 atom stereocenters. The van der Waals surface area contributed by atoms with Crippen LogP contribution < -0.4 is 5.32 Å². The molecule has 1 aromatic heterocycles. The van der Waals surface area contributed by atoms with Crippen LogP contribution in [0.2, 0.25) is 0 Å². The number of hydrogen-bond acceptors (Lipinski definition) is 2. The lowest BCUT2D eigenvalue weighted by atomic mass is 10.1. The fraction of sp³-hybridized carbons (Fsp3) is 0.545. The number of hydrogen-bond donors (Lipinski definition) is 1. The van der Waals surface area contributed by atoms with Crippen LogP contribution in [0.3, 0.4) is 0 Å². The van der Waals surface area contributed by atoms with Gasteiger partial charge >= 0.3 is 0 Å². The van der Waals surface area contributed by atoms with E-state index in [0.717, 1.165) is 22.3 Å². The molecule has 4 heteroatoms. The van der Waals surface area contributed by atoms with Gasteiger partial charge in [0.2, 0.25) is 5.91 Å². The average molecular weight is 290 g/mol. The quantitative estimate of drug-likeness (QED) is 0.886. The van der Waals surface area contributed by atoms with Crippen molar-refractivity contribution in [1.29, 1.82) is 0 Å². The van der Waals surface area contributed by atoms with Crippen molar-refractivity contribution in [2.75, 3.05) is 6.54 Å². The Hall–Kier alpha value is -0.350. The molecule has 0 unspecified atom stereocenters. The van der Waals surface area contributed by atoms with Crippen molar-refractivity contribution in [2.45, 2.75) is 26.7 Å². The molecule has 0 saturated carbocycles. The zero-order valence-corrected chi connectivity index (χ0v) is 11.5. The molecule has 0 fully saturated rings. The zero-order chi connectivity index (χ0) is 11.3. The Kier molecular flexibility index (Phi) is 5.32. The van der Waals surface area contributed by atoms with Crippen LogP contribution in [0.15, 0.2) is 15.9 Å². The minimum Gasteiger partial charge on any atom is -0.356 e. The Morgan fingerprint density at radius 3 is 2.87 bits per heavy atom. The number of nitrogens with one attached hydrogen (secondary N) is 1. The van der Waals surface area contributed by atoms with Gasteiger partial charge in [0, 0.05) is 21.3 Å². The minimum absolute atomic E-state index is 0.116. The van der Waals surface area contributed by atoms with Crippen molar-refractivity contribution in [3.8, 4) is 0 Å². The molecule has 1 rings (SSSR count). The third kappa shape index (κ3) is 5.33. The molecular weight excluding hydrogens is 274 g/mol. The van der Waals surface area contributed by atoms with Gasteiger partial charge in [-0.25, -0.2) is 0 Å². The fourth-order valence-electron chi connectivity index (χ4n) is 1.17. The summed E-state index contributed by atoms with van der Waals surface area (Å²) in [4.78, 5) is 12.6. The second kappa shape index (κ2) is 6.28. The number of rotatable bonds is 5. The van der Waals surface area contributed by atoms with E-state index in [-0.39, 0.29) is 5.91 Å². The van der Waals surface area contributed by atoms with E-state index in [2.05, 4.69) is 35.1 Å². The van der Waals surface area contributed by atoms with Gasteiger partial charge in [0.1, 0.15) is 0 Å². The van der Waals surface area contributed by atoms with Crippen LogP contribution in [-0.4, -0.2) is 12.5 Å². The van der Waals surface area contributed by atoms with Crippen LogP contribution >= 0.6 is 27.3 Å². The summed E-state index contributed by atoms with van der Waals surface area (Å²) < 4.78 is 1.05. The predicted octanol–water partition coefficient (Wildman–Crippen LogP) is 3.22. The maximum Gasteiger partial charge on any atom is 0.225 e. The van der Waals surface area contributed by atoms with E-state index in [9.17, 15) is 4.79 Å². The molecular formula is C11H16BrNOS. The molecule has 0 spiro atoms. The van der Waals surface area contributed by atoms with E-state index >= 15 is 0 Å². The lowest BCUT2D eigenvalue weighted by molar-refractivity contribution is -0.120. The maximum absolute atomic E-state index is 11.5. The Morgan fingerprint density at radius 2 is 2.33 bits per heavy atom. The summed E-state index contributed by atoms with van der Waals surface area (Å²) in [7, 11) is 0. The fourth-order valence-corrected chi connectivity index (χ4v) is 2.62. The van der Waals surface area contributed by atoms with E-state index in [4.69, 9.17) is 0 Å². The minimum atomic E-state index is 0.116. The first-order valence-corrected chi connectivity index (χ1v) is 6.75. The summed E-state index contributed by atoms with van der Waals surface area (Å²) in [6.07, 6.45) is 1.54. The molecule has 0 radical (unpaired) electrons. The SMILES string of the molecule is CC(C)CCNC(=O)Cc1cc(Br)cs1. The van der Waals surface area contributed by atoms with E-state index in [1.54, 1.807) is 11.3 Å². The van der Waals surface area contributed by atoms with E-state index < -0.39 is 0 Å². The largest absolute Gasteiger partial charge is 0.356 e. The standard InChI is InChI=1S/C11H16BrNOS/c1-8(2)3-4-13-11(14)6-10-5-9(12)7-15-10/h5,7-8H,3-4,6H2,1-2H3,(H,13,14). The molecule has 0 aliphatic carbocycles. The van der Waals surface area contributed by atoms with Gasteiger partial charge in [-0.2, -0.15) is 0 Å². The van der Waals surface area contributed by atoms with Gasteiger partial charge in [-0.1, -0.05) is 13.8 Å². The van der Waals surface area contributed by atoms with Gasteiger partial charge in [0.05, 0.1) is 6.42 Å². The van der Waals surface area contributed by atoms with Gasteiger partial charge in [-0.15, -0.1) is 11.3 Å². The molecule has 1 N–H and O–H groups in total. The van der Waals surface area contributed by atoms with Gasteiger partial charge in [-0.05, 0) is 34.3 Å². The zero-order valence-electron chi connectivity index (χ0n) is 9.05. The molecule has 0 aliphatic rings. The Labute approximate surface area is 103 Å². The lowest BCUT2D eigenvalue weighted by Gasteiger charge is -2.06. The monoisotopic (exact) mass is 289 g/mol. The van der Waals surface area contributed by atoms with Crippen LogP contribution in [-0.2, 0) is 11.2 Å². The first kappa shape index (κ1) is 12.7. The smallest absolute Gasteiger partial charge is 0.225 e. The Morgan fingerprint density at radius 1 is 1.60 bits per heavy atom. The van der Waals surface area contributed by atoms with E-state index in [1.807, 2.05) is 11.4 Å². The van der Waals surface area contributed by atoms with Crippen LogP contribution in [0.4, 0.5) is 0 Å². The highest BCUT2D eigenvalue weighted by molar-refractivity contribution is 9.10. The highest BCUT2D eigenvalue weighted by atomic mass is 79.9. The molecule has 0 aliphatic heterocycles. The second-order valence-corrected chi connectivity index (χ2v) is 5.85. The van der Waals surface area contributed by atoms with Crippen LogP contribution in [0.1, 0.15) is 25.1 Å². The Balaban J connectivity index is 2.24. The topological polar surface area (TPSA) is 29.1 Å². The highest BCUT2D eigenvalue weighted by Gasteiger charge is 2.05. The van der Waals surface area contributed by atoms with Crippen molar-refractivity contribution in [1.82, 2.24) is 5.32 Å². The summed E-state index contributed by atoms with van der Waals surface area (Å²) in [5.41, 5.74) is 0. The van der Waals surface area contributed by atoms with Crippen molar-refractivity contribution < 1.29 is 4.79 Å². The molecule has 15 heavy (non-hydrogen) atoms. The summed E-state index contributed by atoms with van der Waals surface area (Å²) in [6, 6.07) is 1.99. The van der Waals surface area contributed by atoms with Gasteiger partial charge in [0.15, 0.2) is 0 Å². The van der Waals surface area contributed by atoms with Crippen LogP contribution in [0, 0.1) is 5.92 Å². The molecule has 2 nitrogen and oxygen atoms in total. The van der Waals surface area contributed by atoms with Gasteiger partial charge in [0.25, 0.3) is 0 Å². The summed E-state index contributed by atoms with van der Waals surface area (Å²) in [5.74, 6) is 0.756. The molecule has 0 saturated heterocycles. The number of amides is 1. The van der Waals surface area contributed by atoms with E-state index in [0.29, 0.717) is 12.3 Å². The lowest BCUT2D eigenvalue weighted by Crippen LogP contribution is -2.26. The van der Waals surface area contributed by atoms with Gasteiger partial charge < -0.3 is 5.32 Å². The van der Waals surface area contributed by atoms with Crippen molar-refractivity contribution in [3.05, 3.63) is 20.8 Å². The summed E-state index contributed by atoms with van der Waals surface area (Å²) in [6.45, 7) is 5.09. The normalized spacial score (nSPS) is 10.7. The maximum atomic E-state index is 11.5. The van der Waals surface area contributed by atoms with Crippen LogP contribution in [0.5, 0.6) is 0 Å². The number of carbonyl (C=O) groups is 1.